The number of halogens is 2. The maximum Gasteiger partial charge on any atom is 0.148 e. The second-order valence-corrected chi connectivity index (χ2v) is 5.74. The first-order valence-electron chi connectivity index (χ1n) is 5.49. The molecule has 1 aromatic carbocycles. The predicted molar refractivity (Wildman–Crippen MR) is 72.7 cm³/mol. The van der Waals surface area contributed by atoms with Gasteiger partial charge in [-0.05, 0) is 31.2 Å². The molecule has 2 aromatic rings. The Morgan fingerprint density at radius 1 is 1.33 bits per heavy atom. The average molecular weight is 286 g/mol. The van der Waals surface area contributed by atoms with Gasteiger partial charge in [-0.15, -0.1) is 11.3 Å². The third kappa shape index (κ3) is 3.22. The van der Waals surface area contributed by atoms with Crippen molar-refractivity contribution >= 4 is 22.9 Å². The lowest BCUT2D eigenvalue weighted by Crippen LogP contribution is -2.28. The smallest absolute Gasteiger partial charge is 0.148 e. The van der Waals surface area contributed by atoms with E-state index in [0.717, 1.165) is 4.88 Å². The number of benzene rings is 1. The number of nitrogens with two attached hydrogens (primary N) is 1. The number of rotatable bonds is 4. The summed E-state index contributed by atoms with van der Waals surface area (Å²) >= 11 is 7.31. The maximum atomic E-state index is 13.1. The zero-order valence-corrected chi connectivity index (χ0v) is 11.3. The summed E-state index contributed by atoms with van der Waals surface area (Å²) in [6.45, 7) is 1.84. The van der Waals surface area contributed by atoms with Crippen LogP contribution >= 0.6 is 22.9 Å². The fourth-order valence-electron chi connectivity index (χ4n) is 1.59. The van der Waals surface area contributed by atoms with Crippen molar-refractivity contribution in [1.82, 2.24) is 0 Å². The lowest BCUT2D eigenvalue weighted by molar-refractivity contribution is 0.183. The maximum absolute atomic E-state index is 13.1. The van der Waals surface area contributed by atoms with Crippen LogP contribution in [-0.2, 0) is 0 Å². The third-order valence-corrected chi connectivity index (χ3v) is 3.70. The largest absolute Gasteiger partial charge is 0.483 e. The van der Waals surface area contributed by atoms with Crippen LogP contribution in [-0.4, -0.2) is 6.04 Å². The highest BCUT2D eigenvalue weighted by Crippen LogP contribution is 2.31. The van der Waals surface area contributed by atoms with Crippen molar-refractivity contribution in [2.75, 3.05) is 0 Å². The summed E-state index contributed by atoms with van der Waals surface area (Å²) in [6, 6.07) is 9.47. The van der Waals surface area contributed by atoms with Gasteiger partial charge in [-0.1, -0.05) is 17.7 Å². The SMILES string of the molecule is CC(N)C(Oc1cccc(F)c1)c1ccc(Cl)s1. The molecule has 0 radical (unpaired) electrons. The van der Waals surface area contributed by atoms with E-state index in [1.807, 2.05) is 13.0 Å². The standard InChI is InChI=1S/C13H13ClFNOS/c1-8(16)13(11-5-6-12(14)18-11)17-10-4-2-3-9(15)7-10/h2-8,13H,16H2,1H3. The van der Waals surface area contributed by atoms with E-state index in [9.17, 15) is 4.39 Å². The Morgan fingerprint density at radius 3 is 2.67 bits per heavy atom. The van der Waals surface area contributed by atoms with Crippen molar-refractivity contribution < 1.29 is 9.13 Å². The molecule has 0 spiro atoms. The van der Waals surface area contributed by atoms with Crippen LogP contribution in [0.25, 0.3) is 0 Å². The normalized spacial score (nSPS) is 14.2. The number of ether oxygens (including phenoxy) is 1. The summed E-state index contributed by atoms with van der Waals surface area (Å²) in [5.74, 6) is 0.127. The highest BCUT2D eigenvalue weighted by molar-refractivity contribution is 7.16. The molecule has 18 heavy (non-hydrogen) atoms. The van der Waals surface area contributed by atoms with Crippen LogP contribution in [0.2, 0.25) is 4.34 Å². The van der Waals surface area contributed by atoms with Crippen LogP contribution in [0.15, 0.2) is 36.4 Å². The molecular formula is C13H13ClFNOS. The van der Waals surface area contributed by atoms with Crippen LogP contribution in [0.5, 0.6) is 5.75 Å². The summed E-state index contributed by atoms with van der Waals surface area (Å²) in [5, 5.41) is 0. The van der Waals surface area contributed by atoms with E-state index < -0.39 is 0 Å². The molecule has 0 saturated carbocycles. The molecule has 2 unspecified atom stereocenters. The summed E-state index contributed by atoms with van der Waals surface area (Å²) < 4.78 is 19.5. The van der Waals surface area contributed by atoms with Gasteiger partial charge in [0.25, 0.3) is 0 Å². The van der Waals surface area contributed by atoms with Gasteiger partial charge in [-0.25, -0.2) is 4.39 Å². The molecule has 0 fully saturated rings. The van der Waals surface area contributed by atoms with Gasteiger partial charge in [0.1, 0.15) is 17.7 Å². The summed E-state index contributed by atoms with van der Waals surface area (Å²) in [5.41, 5.74) is 5.91. The first kappa shape index (κ1) is 13.3. The molecule has 0 aliphatic carbocycles. The quantitative estimate of drug-likeness (QED) is 0.921. The zero-order chi connectivity index (χ0) is 13.1. The van der Waals surface area contributed by atoms with Crippen LogP contribution in [0.3, 0.4) is 0 Å². The van der Waals surface area contributed by atoms with Crippen LogP contribution in [0, 0.1) is 5.82 Å². The Hall–Kier alpha value is -1.10. The van der Waals surface area contributed by atoms with E-state index in [1.54, 1.807) is 18.2 Å². The van der Waals surface area contributed by atoms with E-state index in [0.29, 0.717) is 10.1 Å². The molecule has 1 aromatic heterocycles. The molecule has 5 heteroatoms. The minimum Gasteiger partial charge on any atom is -0.483 e. The van der Waals surface area contributed by atoms with Gasteiger partial charge in [-0.2, -0.15) is 0 Å². The van der Waals surface area contributed by atoms with Crippen molar-refractivity contribution in [3.8, 4) is 5.75 Å². The van der Waals surface area contributed by atoms with Gasteiger partial charge in [0.2, 0.25) is 0 Å². The molecule has 0 saturated heterocycles. The van der Waals surface area contributed by atoms with E-state index in [1.165, 1.54) is 23.5 Å². The minimum atomic E-state index is -0.333. The van der Waals surface area contributed by atoms with E-state index in [4.69, 9.17) is 22.1 Å². The molecule has 2 atom stereocenters. The molecule has 2 nitrogen and oxygen atoms in total. The van der Waals surface area contributed by atoms with Crippen molar-refractivity contribution in [2.45, 2.75) is 19.1 Å². The number of thiophene rings is 1. The second-order valence-electron chi connectivity index (χ2n) is 4.00. The van der Waals surface area contributed by atoms with Crippen molar-refractivity contribution in [1.29, 1.82) is 0 Å². The Bertz CT molecular complexity index is 529. The number of hydrogen-bond donors (Lipinski definition) is 1. The van der Waals surface area contributed by atoms with Crippen molar-refractivity contribution in [3.63, 3.8) is 0 Å². The molecule has 2 rings (SSSR count). The second kappa shape index (κ2) is 5.69. The fourth-order valence-corrected chi connectivity index (χ4v) is 2.80. The Labute approximate surface area is 114 Å². The molecule has 1 heterocycles. The van der Waals surface area contributed by atoms with Gasteiger partial charge in [0, 0.05) is 17.0 Å². The summed E-state index contributed by atoms with van der Waals surface area (Å²) in [7, 11) is 0. The predicted octanol–water partition coefficient (Wildman–Crippen LogP) is 4.01. The molecule has 0 bridgehead atoms. The summed E-state index contributed by atoms with van der Waals surface area (Å²) in [4.78, 5) is 0.930. The third-order valence-electron chi connectivity index (χ3n) is 2.41. The highest BCUT2D eigenvalue weighted by atomic mass is 35.5. The summed E-state index contributed by atoms with van der Waals surface area (Å²) in [6.07, 6.45) is -0.329. The van der Waals surface area contributed by atoms with Crippen molar-refractivity contribution in [3.05, 3.63) is 51.4 Å². The Kier molecular flexibility index (Phi) is 4.22. The van der Waals surface area contributed by atoms with E-state index in [2.05, 4.69) is 0 Å². The lowest BCUT2D eigenvalue weighted by Gasteiger charge is -2.21. The topological polar surface area (TPSA) is 35.2 Å². The highest BCUT2D eigenvalue weighted by Gasteiger charge is 2.20. The van der Waals surface area contributed by atoms with E-state index in [-0.39, 0.29) is 18.0 Å². The monoisotopic (exact) mass is 285 g/mol. The molecular weight excluding hydrogens is 273 g/mol. The molecule has 0 amide bonds. The first-order valence-corrected chi connectivity index (χ1v) is 6.69. The van der Waals surface area contributed by atoms with Gasteiger partial charge in [0.05, 0.1) is 4.34 Å². The van der Waals surface area contributed by atoms with Gasteiger partial charge in [0.15, 0.2) is 0 Å². The fraction of sp³-hybridized carbons (Fsp3) is 0.231. The minimum absolute atomic E-state index is 0.219. The Balaban J connectivity index is 2.22. The van der Waals surface area contributed by atoms with Crippen molar-refractivity contribution in [2.24, 2.45) is 5.73 Å². The van der Waals surface area contributed by atoms with Crippen LogP contribution in [0.1, 0.15) is 17.9 Å². The van der Waals surface area contributed by atoms with Crippen LogP contribution in [0.4, 0.5) is 4.39 Å². The van der Waals surface area contributed by atoms with Gasteiger partial charge >= 0.3 is 0 Å². The molecule has 2 N–H and O–H groups in total. The lowest BCUT2D eigenvalue weighted by atomic mass is 10.1. The Morgan fingerprint density at radius 2 is 2.11 bits per heavy atom. The first-order chi connectivity index (χ1) is 8.56. The molecule has 96 valence electrons. The van der Waals surface area contributed by atoms with Gasteiger partial charge in [-0.3, -0.25) is 0 Å². The van der Waals surface area contributed by atoms with Crippen LogP contribution < -0.4 is 10.5 Å². The molecule has 0 aliphatic rings. The number of hydrogen-bond acceptors (Lipinski definition) is 3. The average Bonchev–Trinajstić information content (AvgIpc) is 2.72. The molecule has 0 aliphatic heterocycles. The van der Waals surface area contributed by atoms with Gasteiger partial charge < -0.3 is 10.5 Å². The zero-order valence-electron chi connectivity index (χ0n) is 9.77. The van der Waals surface area contributed by atoms with E-state index >= 15 is 0 Å².